The molecule has 0 saturated heterocycles. The van der Waals surface area contributed by atoms with E-state index in [0.717, 1.165) is 24.0 Å². The van der Waals surface area contributed by atoms with Gasteiger partial charge in [0, 0.05) is 19.5 Å². The summed E-state index contributed by atoms with van der Waals surface area (Å²) in [7, 11) is 0. The molecule has 186 valence electrons. The van der Waals surface area contributed by atoms with Gasteiger partial charge in [-0.15, -0.1) is 0 Å². The van der Waals surface area contributed by atoms with Crippen LogP contribution in [0.1, 0.15) is 64.5 Å². The molecule has 0 unspecified atom stereocenters. The number of ether oxygens (including phenoxy) is 2. The van der Waals surface area contributed by atoms with Crippen molar-refractivity contribution >= 4 is 11.8 Å². The maximum Gasteiger partial charge on any atom is 0.242 e. The van der Waals surface area contributed by atoms with Crippen molar-refractivity contribution in [3.8, 4) is 11.5 Å². The predicted octanol–water partition coefficient (Wildman–Crippen LogP) is 5.14. The minimum absolute atomic E-state index is 0.0341. The van der Waals surface area contributed by atoms with E-state index in [9.17, 15) is 9.59 Å². The van der Waals surface area contributed by atoms with Crippen molar-refractivity contribution in [1.29, 1.82) is 0 Å². The molecule has 2 aromatic rings. The molecule has 0 bridgehead atoms. The van der Waals surface area contributed by atoms with Gasteiger partial charge in [-0.2, -0.15) is 0 Å². The first-order chi connectivity index (χ1) is 16.5. The maximum absolute atomic E-state index is 13.4. The van der Waals surface area contributed by atoms with Crippen LogP contribution in [0.4, 0.5) is 0 Å². The minimum atomic E-state index is -0.496. The number of hydrogen-bond donors (Lipinski definition) is 1. The summed E-state index contributed by atoms with van der Waals surface area (Å²) < 4.78 is 11.4. The quantitative estimate of drug-likeness (QED) is 0.368. The largest absolute Gasteiger partial charge is 0.490 e. The highest BCUT2D eigenvalue weighted by atomic mass is 16.5. The van der Waals surface area contributed by atoms with E-state index in [1.54, 1.807) is 4.90 Å². The van der Waals surface area contributed by atoms with Gasteiger partial charge in [0.25, 0.3) is 0 Å². The van der Waals surface area contributed by atoms with Crippen molar-refractivity contribution in [3.63, 3.8) is 0 Å². The molecule has 0 heterocycles. The van der Waals surface area contributed by atoms with Crippen LogP contribution in [0.5, 0.6) is 11.5 Å². The molecule has 0 radical (unpaired) electrons. The second kappa shape index (κ2) is 15.0. The van der Waals surface area contributed by atoms with Crippen molar-refractivity contribution in [3.05, 3.63) is 59.7 Å². The van der Waals surface area contributed by atoms with Gasteiger partial charge in [-0.05, 0) is 56.4 Å². The Bertz CT molecular complexity index is 885. The van der Waals surface area contributed by atoms with Gasteiger partial charge in [-0.3, -0.25) is 9.59 Å². The number of hydrogen-bond acceptors (Lipinski definition) is 4. The lowest BCUT2D eigenvalue weighted by Gasteiger charge is -2.31. The molecule has 0 spiro atoms. The fourth-order valence-electron chi connectivity index (χ4n) is 3.85. The number of amides is 2. The molecule has 6 nitrogen and oxygen atoms in total. The summed E-state index contributed by atoms with van der Waals surface area (Å²) in [5, 5.41) is 3.01. The molecule has 1 N–H and O–H groups in total. The van der Waals surface area contributed by atoms with Gasteiger partial charge in [-0.25, -0.2) is 0 Å². The molecule has 0 aliphatic rings. The number of aryl methyl sites for hydroxylation is 1. The molecule has 34 heavy (non-hydrogen) atoms. The van der Waals surface area contributed by atoms with E-state index in [0.29, 0.717) is 57.1 Å². The Hall–Kier alpha value is -3.02. The van der Waals surface area contributed by atoms with Gasteiger partial charge in [0.15, 0.2) is 11.5 Å². The zero-order valence-electron chi connectivity index (χ0n) is 21.1. The highest BCUT2D eigenvalue weighted by molar-refractivity contribution is 5.87. The first-order valence-electron chi connectivity index (χ1n) is 12.5. The molecule has 0 fully saturated rings. The molecule has 0 aliphatic heterocycles. The van der Waals surface area contributed by atoms with Gasteiger partial charge >= 0.3 is 0 Å². The normalized spacial score (nSPS) is 11.5. The van der Waals surface area contributed by atoms with Crippen molar-refractivity contribution in [2.24, 2.45) is 0 Å². The zero-order chi connectivity index (χ0) is 24.8. The summed E-state index contributed by atoms with van der Waals surface area (Å²) >= 11 is 0. The third-order valence-corrected chi connectivity index (χ3v) is 5.65. The monoisotopic (exact) mass is 468 g/mol. The fraction of sp³-hybridized carbons (Fsp3) is 0.500. The Morgan fingerprint density at radius 3 is 2.26 bits per heavy atom. The van der Waals surface area contributed by atoms with Crippen LogP contribution in [-0.4, -0.2) is 42.5 Å². The molecule has 1 atom stereocenters. The molecule has 0 aliphatic carbocycles. The number of carbonyl (C=O) groups is 2. The third kappa shape index (κ3) is 8.40. The topological polar surface area (TPSA) is 67.9 Å². The van der Waals surface area contributed by atoms with Gasteiger partial charge in [0.2, 0.25) is 11.8 Å². The molecule has 0 aromatic heterocycles. The van der Waals surface area contributed by atoms with Crippen molar-refractivity contribution in [1.82, 2.24) is 10.2 Å². The van der Waals surface area contributed by atoms with Crippen LogP contribution in [0.2, 0.25) is 0 Å². The Balaban J connectivity index is 2.17. The van der Waals surface area contributed by atoms with Crippen LogP contribution in [0.15, 0.2) is 48.5 Å². The highest BCUT2D eigenvalue weighted by Gasteiger charge is 2.28. The predicted molar refractivity (Wildman–Crippen MR) is 136 cm³/mol. The molecule has 2 aromatic carbocycles. The van der Waals surface area contributed by atoms with Crippen molar-refractivity contribution < 1.29 is 19.1 Å². The lowest BCUT2D eigenvalue weighted by molar-refractivity contribution is -0.141. The molecular formula is C28H40N2O4. The Kier molecular flexibility index (Phi) is 12.0. The fourth-order valence-corrected chi connectivity index (χ4v) is 3.85. The second-order valence-electron chi connectivity index (χ2n) is 8.22. The summed E-state index contributed by atoms with van der Waals surface area (Å²) in [6.45, 7) is 10.1. The van der Waals surface area contributed by atoms with Crippen LogP contribution < -0.4 is 14.8 Å². The molecule has 2 amide bonds. The number of carbonyl (C=O) groups excluding carboxylic acids is 2. The van der Waals surface area contributed by atoms with E-state index in [1.165, 1.54) is 0 Å². The molecular weight excluding hydrogens is 428 g/mol. The SMILES string of the molecule is CCCCNC(=O)[C@@H](CC)N(Cc1ccccc1)C(=O)CCc1ccc(OCC)c(OCC)c1. The Morgan fingerprint density at radius 1 is 0.912 bits per heavy atom. The second-order valence-corrected chi connectivity index (χ2v) is 8.22. The highest BCUT2D eigenvalue weighted by Crippen LogP contribution is 2.29. The average Bonchev–Trinajstić information content (AvgIpc) is 2.85. The standard InChI is InChI=1S/C28H40N2O4/c1-5-9-19-29-28(32)24(6-2)30(21-23-13-11-10-12-14-23)27(31)18-16-22-15-17-25(33-7-3)26(20-22)34-8-4/h10-15,17,20,24H,5-9,16,18-19,21H2,1-4H3,(H,29,32)/t24-/m1/s1. The summed E-state index contributed by atoms with van der Waals surface area (Å²) in [5.41, 5.74) is 2.01. The smallest absolute Gasteiger partial charge is 0.242 e. The summed E-state index contributed by atoms with van der Waals surface area (Å²) in [6.07, 6.45) is 3.37. The lowest BCUT2D eigenvalue weighted by atomic mass is 10.1. The van der Waals surface area contributed by atoms with E-state index < -0.39 is 6.04 Å². The zero-order valence-corrected chi connectivity index (χ0v) is 21.1. The van der Waals surface area contributed by atoms with Crippen molar-refractivity contribution in [2.75, 3.05) is 19.8 Å². The van der Waals surface area contributed by atoms with Crippen LogP contribution in [0.25, 0.3) is 0 Å². The first kappa shape index (κ1) is 27.2. The third-order valence-electron chi connectivity index (χ3n) is 5.65. The number of benzene rings is 2. The van der Waals surface area contributed by atoms with E-state index in [2.05, 4.69) is 12.2 Å². The van der Waals surface area contributed by atoms with Gasteiger partial charge in [0.1, 0.15) is 6.04 Å². The van der Waals surface area contributed by atoms with Crippen LogP contribution in [0, 0.1) is 0 Å². The van der Waals surface area contributed by atoms with Crippen LogP contribution >= 0.6 is 0 Å². The molecule has 2 rings (SSSR count). The van der Waals surface area contributed by atoms with Gasteiger partial charge < -0.3 is 19.7 Å². The van der Waals surface area contributed by atoms with E-state index in [4.69, 9.17) is 9.47 Å². The number of unbranched alkanes of at least 4 members (excludes halogenated alkanes) is 1. The Morgan fingerprint density at radius 2 is 1.62 bits per heavy atom. The average molecular weight is 469 g/mol. The van der Waals surface area contributed by atoms with Crippen LogP contribution in [0.3, 0.4) is 0 Å². The van der Waals surface area contributed by atoms with Gasteiger partial charge in [0.05, 0.1) is 13.2 Å². The number of rotatable bonds is 15. The number of nitrogens with one attached hydrogen (secondary N) is 1. The summed E-state index contributed by atoms with van der Waals surface area (Å²) in [6, 6.07) is 15.1. The minimum Gasteiger partial charge on any atom is -0.490 e. The van der Waals surface area contributed by atoms with Crippen LogP contribution in [-0.2, 0) is 22.6 Å². The van der Waals surface area contributed by atoms with E-state index in [1.807, 2.05) is 69.3 Å². The summed E-state index contributed by atoms with van der Waals surface area (Å²) in [4.78, 5) is 28.1. The van der Waals surface area contributed by atoms with E-state index in [-0.39, 0.29) is 11.8 Å². The lowest BCUT2D eigenvalue weighted by Crippen LogP contribution is -2.49. The number of nitrogens with zero attached hydrogens (tertiary/aromatic N) is 1. The first-order valence-corrected chi connectivity index (χ1v) is 12.5. The summed E-state index contributed by atoms with van der Waals surface area (Å²) in [5.74, 6) is 1.28. The maximum atomic E-state index is 13.4. The Labute approximate surface area is 204 Å². The van der Waals surface area contributed by atoms with Gasteiger partial charge in [-0.1, -0.05) is 56.7 Å². The molecule has 6 heteroatoms. The molecule has 0 saturated carbocycles. The van der Waals surface area contributed by atoms with Crippen molar-refractivity contribution in [2.45, 2.75) is 72.4 Å². The van der Waals surface area contributed by atoms with E-state index >= 15 is 0 Å².